The molecule has 0 unspecified atom stereocenters. The molecule has 0 aromatic rings. The maximum Gasteiger partial charge on any atom is 0.229 e. The van der Waals surface area contributed by atoms with Gasteiger partial charge < -0.3 is 15.0 Å². The molecule has 0 spiro atoms. The van der Waals surface area contributed by atoms with Crippen molar-refractivity contribution in [2.75, 3.05) is 40.4 Å². The third kappa shape index (κ3) is 2.86. The molecule has 4 heteroatoms. The minimum atomic E-state index is -0.103. The fraction of sp³-hybridized carbons (Fsp3) is 0.929. The minimum Gasteiger partial charge on any atom is -0.381 e. The highest BCUT2D eigenvalue weighted by Gasteiger charge is 2.45. The van der Waals surface area contributed by atoms with Gasteiger partial charge in [0.1, 0.15) is 0 Å². The summed E-state index contributed by atoms with van der Waals surface area (Å²) in [5.74, 6) is 0.967. The predicted molar refractivity (Wildman–Crippen MR) is 71.4 cm³/mol. The van der Waals surface area contributed by atoms with Crippen LogP contribution in [-0.4, -0.2) is 51.2 Å². The molecule has 1 N–H and O–H groups in total. The molecule has 0 radical (unpaired) electrons. The van der Waals surface area contributed by atoms with E-state index in [0.717, 1.165) is 52.0 Å². The molecule has 1 aliphatic heterocycles. The first-order valence-electron chi connectivity index (χ1n) is 7.16. The molecule has 1 aliphatic carbocycles. The van der Waals surface area contributed by atoms with Crippen LogP contribution < -0.4 is 5.32 Å². The largest absolute Gasteiger partial charge is 0.381 e. The first-order valence-corrected chi connectivity index (χ1v) is 7.16. The number of hydrogen-bond donors (Lipinski definition) is 1. The van der Waals surface area contributed by atoms with Crippen molar-refractivity contribution in [1.82, 2.24) is 10.2 Å². The molecule has 104 valence electrons. The Hall–Kier alpha value is -0.610. The lowest BCUT2D eigenvalue weighted by Crippen LogP contribution is -2.52. The Balaban J connectivity index is 1.87. The van der Waals surface area contributed by atoms with E-state index in [1.807, 2.05) is 19.0 Å². The molecule has 1 heterocycles. The third-order valence-corrected chi connectivity index (χ3v) is 4.50. The van der Waals surface area contributed by atoms with Gasteiger partial charge in [0, 0.05) is 33.4 Å². The van der Waals surface area contributed by atoms with Crippen molar-refractivity contribution in [1.29, 1.82) is 0 Å². The highest BCUT2D eigenvalue weighted by Crippen LogP contribution is 2.42. The number of hydrogen-bond acceptors (Lipinski definition) is 3. The summed E-state index contributed by atoms with van der Waals surface area (Å²) >= 11 is 0. The molecule has 0 aromatic heterocycles. The lowest BCUT2D eigenvalue weighted by atomic mass is 9.67. The Kier molecular flexibility index (Phi) is 4.62. The van der Waals surface area contributed by atoms with Crippen molar-refractivity contribution in [2.24, 2.45) is 11.3 Å². The van der Waals surface area contributed by atoms with E-state index >= 15 is 0 Å². The molecule has 2 fully saturated rings. The smallest absolute Gasteiger partial charge is 0.229 e. The summed E-state index contributed by atoms with van der Waals surface area (Å²) in [5.41, 5.74) is -0.103. The van der Waals surface area contributed by atoms with Gasteiger partial charge in [0.25, 0.3) is 0 Å². The van der Waals surface area contributed by atoms with Gasteiger partial charge >= 0.3 is 0 Å². The third-order valence-electron chi connectivity index (χ3n) is 4.50. The zero-order chi connectivity index (χ0) is 13.0. The van der Waals surface area contributed by atoms with Crippen LogP contribution in [0, 0.1) is 11.3 Å². The molecule has 4 nitrogen and oxygen atoms in total. The van der Waals surface area contributed by atoms with Crippen LogP contribution in [0.1, 0.15) is 32.1 Å². The molecular formula is C14H26N2O2. The van der Waals surface area contributed by atoms with Gasteiger partial charge in [-0.05, 0) is 38.6 Å². The van der Waals surface area contributed by atoms with E-state index in [1.54, 1.807) is 0 Å². The summed E-state index contributed by atoms with van der Waals surface area (Å²) in [7, 11) is 3.90. The quantitative estimate of drug-likeness (QED) is 0.803. The van der Waals surface area contributed by atoms with Gasteiger partial charge in [-0.15, -0.1) is 0 Å². The van der Waals surface area contributed by atoms with Gasteiger partial charge in [0.2, 0.25) is 5.91 Å². The maximum atomic E-state index is 12.6. The summed E-state index contributed by atoms with van der Waals surface area (Å²) in [6.07, 6.45) is 5.47. The van der Waals surface area contributed by atoms with Crippen molar-refractivity contribution in [3.8, 4) is 0 Å². The highest BCUT2D eigenvalue weighted by molar-refractivity contribution is 5.83. The number of carbonyl (C=O) groups is 1. The van der Waals surface area contributed by atoms with Crippen molar-refractivity contribution in [3.05, 3.63) is 0 Å². The van der Waals surface area contributed by atoms with E-state index in [4.69, 9.17) is 4.74 Å². The van der Waals surface area contributed by atoms with Crippen molar-refractivity contribution >= 4 is 5.91 Å². The van der Waals surface area contributed by atoms with Gasteiger partial charge in [0.15, 0.2) is 0 Å². The van der Waals surface area contributed by atoms with Gasteiger partial charge in [-0.25, -0.2) is 0 Å². The lowest BCUT2D eigenvalue weighted by Gasteiger charge is -2.43. The molecule has 1 saturated carbocycles. The van der Waals surface area contributed by atoms with Crippen LogP contribution >= 0.6 is 0 Å². The van der Waals surface area contributed by atoms with Crippen LogP contribution in [0.25, 0.3) is 0 Å². The number of ether oxygens (including phenoxy) is 1. The average Bonchev–Trinajstić information content (AvgIpc) is 2.34. The summed E-state index contributed by atoms with van der Waals surface area (Å²) in [5, 5.41) is 3.18. The van der Waals surface area contributed by atoms with E-state index in [9.17, 15) is 4.79 Å². The van der Waals surface area contributed by atoms with E-state index in [-0.39, 0.29) is 5.41 Å². The van der Waals surface area contributed by atoms with Gasteiger partial charge in [-0.2, -0.15) is 0 Å². The van der Waals surface area contributed by atoms with Gasteiger partial charge in [-0.3, -0.25) is 4.79 Å². The Bertz CT molecular complexity index is 284. The summed E-state index contributed by atoms with van der Waals surface area (Å²) < 4.78 is 5.37. The van der Waals surface area contributed by atoms with Crippen LogP contribution in [0.4, 0.5) is 0 Å². The molecular weight excluding hydrogens is 228 g/mol. The van der Waals surface area contributed by atoms with E-state index in [1.165, 1.54) is 6.42 Å². The Labute approximate surface area is 110 Å². The second-order valence-electron chi connectivity index (χ2n) is 5.91. The van der Waals surface area contributed by atoms with Crippen LogP contribution in [0.5, 0.6) is 0 Å². The summed E-state index contributed by atoms with van der Waals surface area (Å²) in [6.45, 7) is 3.43. The van der Waals surface area contributed by atoms with Crippen molar-refractivity contribution < 1.29 is 9.53 Å². The van der Waals surface area contributed by atoms with Crippen molar-refractivity contribution in [3.63, 3.8) is 0 Å². The van der Waals surface area contributed by atoms with Crippen LogP contribution in [0.15, 0.2) is 0 Å². The number of carbonyl (C=O) groups excluding carboxylic acids is 1. The molecule has 1 amide bonds. The van der Waals surface area contributed by atoms with Crippen LogP contribution in [0.2, 0.25) is 0 Å². The summed E-state index contributed by atoms with van der Waals surface area (Å²) in [4.78, 5) is 14.5. The Morgan fingerprint density at radius 2 is 2.06 bits per heavy atom. The minimum absolute atomic E-state index is 0.103. The van der Waals surface area contributed by atoms with Gasteiger partial charge in [-0.1, -0.05) is 6.42 Å². The standard InChI is InChI=1S/C14H26N2O2/c1-15-11-14(6-3-7-14)13(17)16(2)10-12-4-8-18-9-5-12/h12,15H,3-11H2,1-2H3. The normalized spacial score (nSPS) is 23.4. The Morgan fingerprint density at radius 1 is 1.39 bits per heavy atom. The van der Waals surface area contributed by atoms with Gasteiger partial charge in [0.05, 0.1) is 5.41 Å². The van der Waals surface area contributed by atoms with Crippen LogP contribution in [-0.2, 0) is 9.53 Å². The molecule has 18 heavy (non-hydrogen) atoms. The maximum absolute atomic E-state index is 12.6. The number of nitrogens with zero attached hydrogens (tertiary/aromatic N) is 1. The topological polar surface area (TPSA) is 41.6 Å². The molecule has 0 atom stereocenters. The first-order chi connectivity index (χ1) is 8.68. The zero-order valence-corrected chi connectivity index (χ0v) is 11.7. The number of nitrogens with one attached hydrogen (secondary N) is 1. The van der Waals surface area contributed by atoms with E-state index in [0.29, 0.717) is 11.8 Å². The SMILES string of the molecule is CNCC1(C(=O)N(C)CC2CCOCC2)CCC1. The molecule has 0 bridgehead atoms. The second-order valence-corrected chi connectivity index (χ2v) is 5.91. The van der Waals surface area contributed by atoms with Crippen molar-refractivity contribution in [2.45, 2.75) is 32.1 Å². The molecule has 0 aromatic carbocycles. The second kappa shape index (κ2) is 6.02. The molecule has 2 rings (SSSR count). The fourth-order valence-corrected chi connectivity index (χ4v) is 3.21. The summed E-state index contributed by atoms with van der Waals surface area (Å²) in [6, 6.07) is 0. The zero-order valence-electron chi connectivity index (χ0n) is 11.7. The first kappa shape index (κ1) is 13.8. The average molecular weight is 254 g/mol. The molecule has 1 saturated heterocycles. The highest BCUT2D eigenvalue weighted by atomic mass is 16.5. The lowest BCUT2D eigenvalue weighted by molar-refractivity contribution is -0.146. The van der Waals surface area contributed by atoms with E-state index in [2.05, 4.69) is 5.32 Å². The fourth-order valence-electron chi connectivity index (χ4n) is 3.21. The predicted octanol–water partition coefficient (Wildman–Crippen LogP) is 1.26. The Morgan fingerprint density at radius 3 is 2.56 bits per heavy atom. The molecule has 2 aliphatic rings. The number of rotatable bonds is 5. The number of amides is 1. The van der Waals surface area contributed by atoms with E-state index < -0.39 is 0 Å². The van der Waals surface area contributed by atoms with Crippen LogP contribution in [0.3, 0.4) is 0 Å². The monoisotopic (exact) mass is 254 g/mol.